The van der Waals surface area contributed by atoms with Crippen molar-refractivity contribution in [2.45, 2.75) is 25.2 Å². The quantitative estimate of drug-likeness (QED) is 0.502. The lowest BCUT2D eigenvalue weighted by molar-refractivity contribution is 0.441. The number of rotatable bonds is 0. The minimum Gasteiger partial charge on any atom is -0.457 e. The molecule has 1 spiro atoms. The van der Waals surface area contributed by atoms with Crippen LogP contribution in [0.1, 0.15) is 29.5 Å². The molecule has 1 saturated carbocycles. The fourth-order valence-electron chi connectivity index (χ4n) is 3.01. The molecule has 2 aromatic carbocycles. The normalized spacial score (nSPS) is 17.6. The second kappa shape index (κ2) is 3.98. The van der Waals surface area contributed by atoms with Gasteiger partial charge in [0.25, 0.3) is 0 Å². The van der Waals surface area contributed by atoms with Crippen LogP contribution in [0.2, 0.25) is 0 Å². The number of hydrogen-bond donors (Lipinski definition) is 0. The highest BCUT2D eigenvalue weighted by Crippen LogP contribution is 2.62. The van der Waals surface area contributed by atoms with Gasteiger partial charge in [-0.25, -0.2) is 0 Å². The van der Waals surface area contributed by atoms with E-state index in [1.54, 1.807) is 0 Å². The third-order valence-corrected chi connectivity index (χ3v) is 5.73. The summed E-state index contributed by atoms with van der Waals surface area (Å²) in [6.45, 7) is 2.14. The van der Waals surface area contributed by atoms with E-state index in [4.69, 9.17) is 4.74 Å². The van der Waals surface area contributed by atoms with Crippen LogP contribution in [0.3, 0.4) is 0 Å². The van der Waals surface area contributed by atoms with Crippen molar-refractivity contribution in [3.63, 3.8) is 0 Å². The summed E-state index contributed by atoms with van der Waals surface area (Å²) in [5.74, 6) is 2.05. The van der Waals surface area contributed by atoms with E-state index in [-0.39, 0.29) is 5.41 Å². The summed E-state index contributed by atoms with van der Waals surface area (Å²) < 4.78 is 8.51. The molecule has 2 aromatic rings. The highest BCUT2D eigenvalue weighted by molar-refractivity contribution is 14.1. The van der Waals surface area contributed by atoms with E-state index in [1.807, 2.05) is 0 Å². The number of benzene rings is 2. The first-order chi connectivity index (χ1) is 9.10. The Morgan fingerprint density at radius 1 is 1.11 bits per heavy atom. The molecular formula is C16H12BrIO. The Kier molecular flexibility index (Phi) is 2.56. The van der Waals surface area contributed by atoms with Crippen LogP contribution in [0.4, 0.5) is 0 Å². The Morgan fingerprint density at radius 3 is 2.58 bits per heavy atom. The van der Waals surface area contributed by atoms with Crippen molar-refractivity contribution in [2.24, 2.45) is 0 Å². The summed E-state index contributed by atoms with van der Waals surface area (Å²) in [5.41, 5.74) is 4.23. The van der Waals surface area contributed by atoms with Crippen LogP contribution >= 0.6 is 38.5 Å². The van der Waals surface area contributed by atoms with Crippen molar-refractivity contribution in [1.29, 1.82) is 0 Å². The lowest BCUT2D eigenvalue weighted by Crippen LogP contribution is -2.17. The lowest BCUT2D eigenvalue weighted by atomic mass is 9.84. The summed E-state index contributed by atoms with van der Waals surface area (Å²) in [4.78, 5) is 0. The molecule has 19 heavy (non-hydrogen) atoms. The minimum atomic E-state index is 0.218. The standard InChI is InChI=1S/C16H12BrIO/c1-9-6-11-15(8-13(9)17)19-14-3-2-10(18)7-12(14)16(11)4-5-16/h2-3,6-8H,4-5H2,1H3. The highest BCUT2D eigenvalue weighted by Gasteiger charge is 2.51. The predicted molar refractivity (Wildman–Crippen MR) is 88.1 cm³/mol. The van der Waals surface area contributed by atoms with E-state index in [2.05, 4.69) is 75.8 Å². The summed E-state index contributed by atoms with van der Waals surface area (Å²) in [6.07, 6.45) is 2.47. The molecule has 3 heteroatoms. The van der Waals surface area contributed by atoms with Gasteiger partial charge in [-0.1, -0.05) is 22.0 Å². The second-order valence-electron chi connectivity index (χ2n) is 5.42. The van der Waals surface area contributed by atoms with E-state index in [0.29, 0.717) is 0 Å². The molecule has 2 aliphatic rings. The molecule has 0 amide bonds. The van der Waals surface area contributed by atoms with E-state index in [9.17, 15) is 0 Å². The van der Waals surface area contributed by atoms with Gasteiger partial charge in [0, 0.05) is 24.6 Å². The molecule has 1 nitrogen and oxygen atoms in total. The van der Waals surface area contributed by atoms with Crippen LogP contribution in [-0.4, -0.2) is 0 Å². The van der Waals surface area contributed by atoms with E-state index < -0.39 is 0 Å². The maximum Gasteiger partial charge on any atom is 0.132 e. The molecular weight excluding hydrogens is 415 g/mol. The topological polar surface area (TPSA) is 9.23 Å². The number of hydrogen-bond acceptors (Lipinski definition) is 1. The van der Waals surface area contributed by atoms with Crippen molar-refractivity contribution in [1.82, 2.24) is 0 Å². The van der Waals surface area contributed by atoms with E-state index in [1.165, 1.54) is 33.1 Å². The number of aryl methyl sites for hydroxylation is 1. The molecule has 1 aliphatic heterocycles. The summed E-state index contributed by atoms with van der Waals surface area (Å²) in [6, 6.07) is 10.9. The molecule has 0 unspecified atom stereocenters. The third-order valence-electron chi connectivity index (χ3n) is 4.20. The zero-order chi connectivity index (χ0) is 13.2. The van der Waals surface area contributed by atoms with E-state index in [0.717, 1.165) is 16.0 Å². The van der Waals surface area contributed by atoms with Crippen LogP contribution in [0.5, 0.6) is 11.5 Å². The zero-order valence-electron chi connectivity index (χ0n) is 10.5. The van der Waals surface area contributed by atoms with E-state index >= 15 is 0 Å². The van der Waals surface area contributed by atoms with Gasteiger partial charge in [0.1, 0.15) is 11.5 Å². The molecule has 0 atom stereocenters. The Labute approximate surface area is 134 Å². The van der Waals surface area contributed by atoms with Gasteiger partial charge in [0.2, 0.25) is 0 Å². The fourth-order valence-corrected chi connectivity index (χ4v) is 3.83. The molecule has 0 saturated heterocycles. The molecule has 96 valence electrons. The number of ether oxygens (including phenoxy) is 1. The summed E-state index contributed by atoms with van der Waals surface area (Å²) >= 11 is 5.98. The number of halogens is 2. The number of fused-ring (bicyclic) bond motifs is 4. The molecule has 0 N–H and O–H groups in total. The third kappa shape index (κ3) is 1.70. The SMILES string of the molecule is Cc1cc2c(cc1Br)Oc1ccc(I)cc1C21CC1. The maximum atomic E-state index is 6.11. The van der Waals surface area contributed by atoms with Crippen molar-refractivity contribution >= 4 is 38.5 Å². The predicted octanol–water partition coefficient (Wildman–Crippen LogP) is 5.55. The summed E-state index contributed by atoms with van der Waals surface area (Å²) in [7, 11) is 0. The van der Waals surface area contributed by atoms with Crippen LogP contribution in [0.25, 0.3) is 0 Å². The largest absolute Gasteiger partial charge is 0.457 e. The van der Waals surface area contributed by atoms with Gasteiger partial charge in [-0.2, -0.15) is 0 Å². The second-order valence-corrected chi connectivity index (χ2v) is 7.52. The molecule has 4 rings (SSSR count). The van der Waals surface area contributed by atoms with Crippen molar-refractivity contribution in [2.75, 3.05) is 0 Å². The van der Waals surface area contributed by atoms with Crippen LogP contribution < -0.4 is 4.74 Å². The Bertz CT molecular complexity index is 704. The minimum absolute atomic E-state index is 0.218. The maximum absolute atomic E-state index is 6.11. The van der Waals surface area contributed by atoms with Gasteiger partial charge in [-0.05, 0) is 72.2 Å². The monoisotopic (exact) mass is 426 g/mol. The highest BCUT2D eigenvalue weighted by atomic mass is 127. The molecule has 0 radical (unpaired) electrons. The summed E-state index contributed by atoms with van der Waals surface area (Å²) in [5, 5.41) is 0. The van der Waals surface area contributed by atoms with Crippen LogP contribution in [-0.2, 0) is 5.41 Å². The first-order valence-electron chi connectivity index (χ1n) is 6.39. The first-order valence-corrected chi connectivity index (χ1v) is 8.26. The molecule has 1 fully saturated rings. The average Bonchev–Trinajstić information content (AvgIpc) is 3.15. The van der Waals surface area contributed by atoms with Crippen LogP contribution in [0, 0.1) is 10.5 Å². The van der Waals surface area contributed by atoms with Gasteiger partial charge < -0.3 is 4.74 Å². The Morgan fingerprint density at radius 2 is 1.84 bits per heavy atom. The Balaban J connectivity index is 1.99. The first kappa shape index (κ1) is 12.2. The molecule has 1 heterocycles. The van der Waals surface area contributed by atoms with Crippen molar-refractivity contribution in [3.05, 3.63) is 55.1 Å². The smallest absolute Gasteiger partial charge is 0.132 e. The Hall–Kier alpha value is -0.550. The van der Waals surface area contributed by atoms with Gasteiger partial charge in [0.15, 0.2) is 0 Å². The fraction of sp³-hybridized carbons (Fsp3) is 0.250. The van der Waals surface area contributed by atoms with Gasteiger partial charge >= 0.3 is 0 Å². The van der Waals surface area contributed by atoms with Gasteiger partial charge in [-0.3, -0.25) is 0 Å². The molecule has 1 aliphatic carbocycles. The zero-order valence-corrected chi connectivity index (χ0v) is 14.2. The van der Waals surface area contributed by atoms with Gasteiger partial charge in [-0.15, -0.1) is 0 Å². The lowest BCUT2D eigenvalue weighted by Gasteiger charge is -2.29. The average molecular weight is 427 g/mol. The van der Waals surface area contributed by atoms with Crippen LogP contribution in [0.15, 0.2) is 34.8 Å². The van der Waals surface area contributed by atoms with Crippen molar-refractivity contribution < 1.29 is 4.74 Å². The molecule has 0 bridgehead atoms. The molecule has 0 aromatic heterocycles. The van der Waals surface area contributed by atoms with Gasteiger partial charge in [0.05, 0.1) is 0 Å². The van der Waals surface area contributed by atoms with Crippen molar-refractivity contribution in [3.8, 4) is 11.5 Å².